The van der Waals surface area contributed by atoms with Gasteiger partial charge in [-0.15, -0.1) is 11.3 Å². The van der Waals surface area contributed by atoms with Gasteiger partial charge in [-0.1, -0.05) is 97.1 Å². The van der Waals surface area contributed by atoms with Crippen molar-refractivity contribution in [3.63, 3.8) is 0 Å². The second kappa shape index (κ2) is 8.20. The second-order valence-corrected chi connectivity index (χ2v) is 11.0. The fourth-order valence-electron chi connectivity index (χ4n) is 6.12. The molecular weight excluding hydrogens is 480 g/mol. The number of benzene rings is 6. The molecule has 8 aromatic rings. The highest BCUT2D eigenvalue weighted by molar-refractivity contribution is 7.26. The van der Waals surface area contributed by atoms with Gasteiger partial charge in [0.15, 0.2) is 0 Å². The van der Waals surface area contributed by atoms with Crippen molar-refractivity contribution in [2.45, 2.75) is 6.54 Å². The number of nitrogens with two attached hydrogens (primary N) is 1. The molecule has 180 valence electrons. The lowest BCUT2D eigenvalue weighted by Crippen LogP contribution is -2.01. The minimum atomic E-state index is 0.702. The molecule has 2 heterocycles. The van der Waals surface area contributed by atoms with Crippen molar-refractivity contribution in [1.82, 2.24) is 4.57 Å². The first-order chi connectivity index (χ1) is 18.8. The van der Waals surface area contributed by atoms with Gasteiger partial charge in [0.2, 0.25) is 0 Å². The van der Waals surface area contributed by atoms with Crippen LogP contribution in [0.1, 0.15) is 5.56 Å². The third-order valence-corrected chi connectivity index (χ3v) is 8.98. The zero-order valence-corrected chi connectivity index (χ0v) is 21.5. The number of nitrogens with zero attached hydrogens (tertiary/aromatic N) is 1. The molecule has 0 aliphatic carbocycles. The topological polar surface area (TPSA) is 30.9 Å². The van der Waals surface area contributed by atoms with E-state index >= 15 is 0 Å². The highest BCUT2D eigenvalue weighted by Crippen LogP contribution is 2.43. The Morgan fingerprint density at radius 3 is 2.18 bits per heavy atom. The summed E-state index contributed by atoms with van der Waals surface area (Å²) in [6.45, 7) is 0.702. The number of hydrogen-bond acceptors (Lipinski definition) is 2. The standard InChI is InChI=1S/C35H24N2S/c36-29(22-8-2-1-3-9-22)20-21-37-30-12-6-4-10-24(30)26-18-17-25-27(35(26)37)16-14-23-15-19-32-34(33(23)25)28-11-5-7-13-31(28)38-32/h1-20H,21,36H2/b29-20-. The zero-order valence-electron chi connectivity index (χ0n) is 20.7. The molecule has 0 fully saturated rings. The molecule has 3 heteroatoms. The molecule has 0 aliphatic rings. The van der Waals surface area contributed by atoms with Crippen molar-refractivity contribution in [2.75, 3.05) is 0 Å². The number of hydrogen-bond donors (Lipinski definition) is 1. The van der Waals surface area contributed by atoms with E-state index in [9.17, 15) is 0 Å². The van der Waals surface area contributed by atoms with Crippen LogP contribution in [0.3, 0.4) is 0 Å². The average Bonchev–Trinajstić information content (AvgIpc) is 3.52. The number of thiophene rings is 1. The number of fused-ring (bicyclic) bond motifs is 11. The quantitative estimate of drug-likeness (QED) is 0.239. The van der Waals surface area contributed by atoms with Crippen LogP contribution in [0.25, 0.3) is 69.2 Å². The summed E-state index contributed by atoms with van der Waals surface area (Å²) < 4.78 is 5.11. The van der Waals surface area contributed by atoms with Crippen LogP contribution < -0.4 is 5.73 Å². The molecule has 0 saturated heterocycles. The molecular formula is C35H24N2S. The fourth-order valence-corrected chi connectivity index (χ4v) is 7.24. The Bertz CT molecular complexity index is 2210. The van der Waals surface area contributed by atoms with Crippen LogP contribution in [-0.2, 0) is 6.54 Å². The molecule has 6 aromatic carbocycles. The first-order valence-electron chi connectivity index (χ1n) is 13.0. The van der Waals surface area contributed by atoms with Crippen LogP contribution in [0.2, 0.25) is 0 Å². The molecule has 0 aliphatic heterocycles. The van der Waals surface area contributed by atoms with Gasteiger partial charge in [-0.3, -0.25) is 0 Å². The van der Waals surface area contributed by atoms with Crippen LogP contribution >= 0.6 is 11.3 Å². The minimum Gasteiger partial charge on any atom is -0.398 e. The number of para-hydroxylation sites is 1. The molecule has 0 unspecified atom stereocenters. The Morgan fingerprint density at radius 2 is 1.29 bits per heavy atom. The summed E-state index contributed by atoms with van der Waals surface area (Å²) in [6, 6.07) is 41.5. The van der Waals surface area contributed by atoms with Gasteiger partial charge in [0.1, 0.15) is 0 Å². The summed E-state index contributed by atoms with van der Waals surface area (Å²) in [6.07, 6.45) is 2.14. The van der Waals surface area contributed by atoms with E-state index in [-0.39, 0.29) is 0 Å². The maximum Gasteiger partial charge on any atom is 0.0574 e. The molecule has 2 aromatic heterocycles. The lowest BCUT2D eigenvalue weighted by molar-refractivity contribution is 0.902. The number of allylic oxidation sites excluding steroid dienone is 1. The molecule has 0 atom stereocenters. The van der Waals surface area contributed by atoms with Crippen molar-refractivity contribution in [3.8, 4) is 0 Å². The van der Waals surface area contributed by atoms with Gasteiger partial charge in [-0.25, -0.2) is 0 Å². The highest BCUT2D eigenvalue weighted by Gasteiger charge is 2.16. The minimum absolute atomic E-state index is 0.702. The molecule has 0 bridgehead atoms. The van der Waals surface area contributed by atoms with Gasteiger partial charge in [0.05, 0.1) is 5.52 Å². The third kappa shape index (κ3) is 3.06. The third-order valence-electron chi connectivity index (χ3n) is 7.85. The summed E-state index contributed by atoms with van der Waals surface area (Å²) in [5.41, 5.74) is 10.9. The fraction of sp³-hybridized carbons (Fsp3) is 0.0286. The molecule has 2 N–H and O–H groups in total. The van der Waals surface area contributed by atoms with E-state index < -0.39 is 0 Å². The largest absolute Gasteiger partial charge is 0.398 e. The second-order valence-electron chi connectivity index (χ2n) is 9.91. The van der Waals surface area contributed by atoms with Gasteiger partial charge in [-0.05, 0) is 46.0 Å². The van der Waals surface area contributed by atoms with Gasteiger partial charge in [-0.2, -0.15) is 0 Å². The summed E-state index contributed by atoms with van der Waals surface area (Å²) in [5.74, 6) is 0. The Labute approximate surface area is 223 Å². The maximum atomic E-state index is 6.54. The van der Waals surface area contributed by atoms with Crippen LogP contribution in [0, 0.1) is 0 Å². The normalized spacial score (nSPS) is 12.6. The molecule has 2 nitrogen and oxygen atoms in total. The van der Waals surface area contributed by atoms with Crippen LogP contribution in [0.15, 0.2) is 121 Å². The Morgan fingerprint density at radius 1 is 0.605 bits per heavy atom. The predicted octanol–water partition coefficient (Wildman–Crippen LogP) is 9.47. The van der Waals surface area contributed by atoms with Crippen LogP contribution in [-0.4, -0.2) is 4.57 Å². The van der Waals surface area contributed by atoms with Gasteiger partial charge < -0.3 is 10.3 Å². The highest BCUT2D eigenvalue weighted by atomic mass is 32.1. The average molecular weight is 505 g/mol. The SMILES string of the molecule is N/C(=C\Cn1c2ccccc2c2ccc3c(ccc4ccc5sc6ccccc6c5c43)c21)c1ccccc1. The lowest BCUT2D eigenvalue weighted by atomic mass is 9.96. The summed E-state index contributed by atoms with van der Waals surface area (Å²) >= 11 is 1.88. The molecule has 38 heavy (non-hydrogen) atoms. The van der Waals surface area contributed by atoms with Crippen LogP contribution in [0.5, 0.6) is 0 Å². The summed E-state index contributed by atoms with van der Waals surface area (Å²) in [5, 5.41) is 10.5. The van der Waals surface area contributed by atoms with E-state index in [1.54, 1.807) is 0 Å². The summed E-state index contributed by atoms with van der Waals surface area (Å²) in [4.78, 5) is 0. The van der Waals surface area contributed by atoms with E-state index in [1.807, 2.05) is 29.5 Å². The Kier molecular flexibility index (Phi) is 4.64. The smallest absolute Gasteiger partial charge is 0.0574 e. The van der Waals surface area contributed by atoms with Crippen molar-refractivity contribution < 1.29 is 0 Å². The molecule has 0 amide bonds. The monoisotopic (exact) mass is 504 g/mol. The predicted molar refractivity (Wildman–Crippen MR) is 166 cm³/mol. The first kappa shape index (κ1) is 21.5. The number of rotatable bonds is 3. The first-order valence-corrected chi connectivity index (χ1v) is 13.8. The van der Waals surface area contributed by atoms with E-state index in [2.05, 4.69) is 108 Å². The lowest BCUT2D eigenvalue weighted by Gasteiger charge is -2.11. The van der Waals surface area contributed by atoms with Crippen molar-refractivity contribution in [3.05, 3.63) is 127 Å². The Hall–Kier alpha value is -4.60. The molecule has 8 rings (SSSR count). The van der Waals surface area contributed by atoms with E-state index in [0.717, 1.165) is 11.3 Å². The van der Waals surface area contributed by atoms with Crippen LogP contribution in [0.4, 0.5) is 0 Å². The van der Waals surface area contributed by atoms with Gasteiger partial charge in [0, 0.05) is 54.1 Å². The van der Waals surface area contributed by atoms with E-state index in [4.69, 9.17) is 5.73 Å². The maximum absolute atomic E-state index is 6.54. The molecule has 0 radical (unpaired) electrons. The summed E-state index contributed by atoms with van der Waals surface area (Å²) in [7, 11) is 0. The number of aromatic nitrogens is 1. The Balaban J connectivity index is 1.47. The van der Waals surface area contributed by atoms with Crippen molar-refractivity contribution in [2.24, 2.45) is 5.73 Å². The van der Waals surface area contributed by atoms with Gasteiger partial charge in [0.25, 0.3) is 0 Å². The molecule has 0 spiro atoms. The zero-order chi connectivity index (χ0) is 25.2. The van der Waals surface area contributed by atoms with Gasteiger partial charge >= 0.3 is 0 Å². The van der Waals surface area contributed by atoms with Crippen molar-refractivity contribution >= 4 is 80.6 Å². The van der Waals surface area contributed by atoms with E-state index in [0.29, 0.717) is 6.54 Å². The molecule has 0 saturated carbocycles. The van der Waals surface area contributed by atoms with E-state index in [1.165, 1.54) is 63.5 Å². The van der Waals surface area contributed by atoms with Crippen molar-refractivity contribution in [1.29, 1.82) is 0 Å².